The van der Waals surface area contributed by atoms with Gasteiger partial charge in [0.1, 0.15) is 23.2 Å². The van der Waals surface area contributed by atoms with Crippen molar-refractivity contribution in [3.63, 3.8) is 0 Å². The highest BCUT2D eigenvalue weighted by molar-refractivity contribution is 9.10. The number of halogens is 1. The van der Waals surface area contributed by atoms with Crippen LogP contribution in [-0.2, 0) is 9.53 Å². The molecule has 26 heavy (non-hydrogen) atoms. The molecular formula is C20H20BrNO4. The zero-order chi connectivity index (χ0) is 18.7. The standard InChI is InChI=1S/C20H20BrNO4/c1-13(14-8-10-16(25-2)11-9-14)18(21)19(23)22-17(12-26-20(22)24)15-6-4-3-5-7-15/h3-11,13,17-18H,12H2,1-2H3/t13-,17?,18+/m0/s1. The molecule has 1 aliphatic rings. The lowest BCUT2D eigenvalue weighted by Gasteiger charge is -2.25. The Balaban J connectivity index is 1.80. The predicted molar refractivity (Wildman–Crippen MR) is 102 cm³/mol. The van der Waals surface area contributed by atoms with Gasteiger partial charge in [-0.1, -0.05) is 65.3 Å². The molecule has 0 radical (unpaired) electrons. The van der Waals surface area contributed by atoms with Gasteiger partial charge in [-0.15, -0.1) is 0 Å². The third-order valence-electron chi connectivity index (χ3n) is 4.61. The van der Waals surface area contributed by atoms with Crippen molar-refractivity contribution in [3.05, 3.63) is 65.7 Å². The van der Waals surface area contributed by atoms with Crippen LogP contribution in [0.2, 0.25) is 0 Å². The highest BCUT2D eigenvalue weighted by atomic mass is 79.9. The SMILES string of the molecule is COc1ccc([C@H](C)[C@@H](Br)C(=O)N2C(=O)OCC2c2ccccc2)cc1. The summed E-state index contributed by atoms with van der Waals surface area (Å²) >= 11 is 3.49. The van der Waals surface area contributed by atoms with E-state index in [4.69, 9.17) is 9.47 Å². The van der Waals surface area contributed by atoms with Gasteiger partial charge in [-0.3, -0.25) is 4.79 Å². The average Bonchev–Trinajstić information content (AvgIpc) is 3.08. The number of ether oxygens (including phenoxy) is 2. The van der Waals surface area contributed by atoms with Gasteiger partial charge in [0.15, 0.2) is 0 Å². The third kappa shape index (κ3) is 3.60. The molecule has 0 spiro atoms. The molecule has 0 N–H and O–H groups in total. The van der Waals surface area contributed by atoms with Gasteiger partial charge in [0.2, 0.25) is 5.91 Å². The number of hydrogen-bond donors (Lipinski definition) is 0. The number of carbonyl (C=O) groups excluding carboxylic acids is 2. The Labute approximate surface area is 161 Å². The Morgan fingerprint density at radius 3 is 2.46 bits per heavy atom. The predicted octanol–water partition coefficient (Wildman–Crippen LogP) is 4.28. The summed E-state index contributed by atoms with van der Waals surface area (Å²) in [6.07, 6.45) is -0.602. The van der Waals surface area contributed by atoms with Crippen LogP contribution >= 0.6 is 15.9 Å². The largest absolute Gasteiger partial charge is 0.497 e. The number of hydrogen-bond acceptors (Lipinski definition) is 4. The molecule has 1 saturated heterocycles. The van der Waals surface area contributed by atoms with Crippen LogP contribution < -0.4 is 4.74 Å². The second-order valence-electron chi connectivity index (χ2n) is 6.18. The Hall–Kier alpha value is -2.34. The second kappa shape index (κ2) is 7.91. The van der Waals surface area contributed by atoms with E-state index in [9.17, 15) is 9.59 Å². The molecule has 3 rings (SSSR count). The third-order valence-corrected chi connectivity index (χ3v) is 5.80. The molecular weight excluding hydrogens is 398 g/mol. The van der Waals surface area contributed by atoms with E-state index in [-0.39, 0.29) is 18.4 Å². The van der Waals surface area contributed by atoms with E-state index in [0.717, 1.165) is 16.9 Å². The smallest absolute Gasteiger partial charge is 0.417 e. The van der Waals surface area contributed by atoms with Gasteiger partial charge >= 0.3 is 6.09 Å². The Bertz CT molecular complexity index is 778. The van der Waals surface area contributed by atoms with Crippen molar-refractivity contribution < 1.29 is 19.1 Å². The summed E-state index contributed by atoms with van der Waals surface area (Å²) < 4.78 is 10.3. The second-order valence-corrected chi connectivity index (χ2v) is 7.16. The van der Waals surface area contributed by atoms with Crippen molar-refractivity contribution in [3.8, 4) is 5.75 Å². The maximum atomic E-state index is 13.0. The lowest BCUT2D eigenvalue weighted by Crippen LogP contribution is -2.40. The first kappa shape index (κ1) is 18.5. The quantitative estimate of drug-likeness (QED) is 0.681. The van der Waals surface area contributed by atoms with Crippen LogP contribution in [0, 0.1) is 0 Å². The van der Waals surface area contributed by atoms with Crippen LogP contribution in [0.25, 0.3) is 0 Å². The van der Waals surface area contributed by atoms with E-state index in [2.05, 4.69) is 15.9 Å². The van der Waals surface area contributed by atoms with E-state index in [0.29, 0.717) is 0 Å². The van der Waals surface area contributed by atoms with Crippen molar-refractivity contribution in [1.29, 1.82) is 0 Å². The van der Waals surface area contributed by atoms with E-state index in [1.807, 2.05) is 61.5 Å². The van der Waals surface area contributed by atoms with Gasteiger partial charge in [0.25, 0.3) is 0 Å². The fraction of sp³-hybridized carbons (Fsp3) is 0.300. The molecule has 0 aromatic heterocycles. The fourth-order valence-corrected chi connectivity index (χ4v) is 3.53. The highest BCUT2D eigenvalue weighted by Gasteiger charge is 2.42. The van der Waals surface area contributed by atoms with E-state index in [1.165, 1.54) is 4.90 Å². The molecule has 6 heteroatoms. The molecule has 1 unspecified atom stereocenters. The molecule has 0 saturated carbocycles. The summed E-state index contributed by atoms with van der Waals surface area (Å²) in [6.45, 7) is 2.11. The van der Waals surface area contributed by atoms with Gasteiger partial charge in [0.05, 0.1) is 7.11 Å². The van der Waals surface area contributed by atoms with E-state index >= 15 is 0 Å². The fourth-order valence-electron chi connectivity index (χ4n) is 3.01. The summed E-state index contributed by atoms with van der Waals surface area (Å²) in [5, 5.41) is 0. The maximum Gasteiger partial charge on any atom is 0.417 e. The number of imide groups is 1. The summed E-state index contributed by atoms with van der Waals surface area (Å²) in [5.41, 5.74) is 1.85. The Morgan fingerprint density at radius 1 is 1.19 bits per heavy atom. The van der Waals surface area contributed by atoms with Gasteiger partial charge in [-0.05, 0) is 23.3 Å². The van der Waals surface area contributed by atoms with Crippen LogP contribution in [0.5, 0.6) is 5.75 Å². The van der Waals surface area contributed by atoms with Crippen molar-refractivity contribution >= 4 is 27.9 Å². The normalized spacial score (nSPS) is 19.0. The number of benzene rings is 2. The first-order valence-corrected chi connectivity index (χ1v) is 9.27. The Morgan fingerprint density at radius 2 is 1.85 bits per heavy atom. The highest BCUT2D eigenvalue weighted by Crippen LogP contribution is 2.33. The van der Waals surface area contributed by atoms with Gasteiger partial charge in [-0.2, -0.15) is 0 Å². The molecule has 1 fully saturated rings. The minimum absolute atomic E-state index is 0.127. The molecule has 136 valence electrons. The average molecular weight is 418 g/mol. The van der Waals surface area contributed by atoms with Crippen LogP contribution in [0.1, 0.15) is 30.0 Å². The minimum Gasteiger partial charge on any atom is -0.497 e. The zero-order valence-corrected chi connectivity index (χ0v) is 16.2. The van der Waals surface area contributed by atoms with E-state index in [1.54, 1.807) is 7.11 Å². The van der Waals surface area contributed by atoms with Crippen molar-refractivity contribution in [2.75, 3.05) is 13.7 Å². The molecule has 1 heterocycles. The van der Waals surface area contributed by atoms with Crippen LogP contribution in [-0.4, -0.2) is 35.4 Å². The number of alkyl halides is 1. The first-order chi connectivity index (χ1) is 12.5. The van der Waals surface area contributed by atoms with E-state index < -0.39 is 17.0 Å². The lowest BCUT2D eigenvalue weighted by molar-refractivity contribution is -0.128. The van der Waals surface area contributed by atoms with Gasteiger partial charge < -0.3 is 9.47 Å². The van der Waals surface area contributed by atoms with Crippen molar-refractivity contribution in [2.45, 2.75) is 23.7 Å². The monoisotopic (exact) mass is 417 g/mol. The number of methoxy groups -OCH3 is 1. The number of carbonyl (C=O) groups is 2. The molecule has 0 bridgehead atoms. The summed E-state index contributed by atoms with van der Waals surface area (Å²) in [4.78, 5) is 25.9. The minimum atomic E-state index is -0.602. The summed E-state index contributed by atoms with van der Waals surface area (Å²) in [7, 11) is 1.61. The molecule has 0 aliphatic carbocycles. The van der Waals surface area contributed by atoms with Gasteiger partial charge in [0, 0.05) is 5.92 Å². The van der Waals surface area contributed by atoms with Gasteiger partial charge in [-0.25, -0.2) is 9.69 Å². The van der Waals surface area contributed by atoms with Crippen LogP contribution in [0.3, 0.4) is 0 Å². The topological polar surface area (TPSA) is 55.8 Å². The maximum absolute atomic E-state index is 13.0. The summed E-state index contributed by atoms with van der Waals surface area (Å²) in [6, 6.07) is 16.6. The molecule has 2 aromatic carbocycles. The zero-order valence-electron chi connectivity index (χ0n) is 14.6. The number of rotatable bonds is 5. The molecule has 1 aliphatic heterocycles. The van der Waals surface area contributed by atoms with Crippen molar-refractivity contribution in [1.82, 2.24) is 4.90 Å². The van der Waals surface area contributed by atoms with Crippen molar-refractivity contribution in [2.24, 2.45) is 0 Å². The molecule has 3 atom stereocenters. The number of amides is 2. The Kier molecular flexibility index (Phi) is 5.61. The molecule has 2 amide bonds. The lowest BCUT2D eigenvalue weighted by atomic mass is 9.96. The molecule has 2 aromatic rings. The summed E-state index contributed by atoms with van der Waals surface area (Å²) in [5.74, 6) is 0.327. The van der Waals surface area contributed by atoms with Crippen LogP contribution in [0.4, 0.5) is 4.79 Å². The number of cyclic esters (lactones) is 1. The number of nitrogens with zero attached hydrogens (tertiary/aromatic N) is 1. The first-order valence-electron chi connectivity index (χ1n) is 8.35. The molecule has 5 nitrogen and oxygen atoms in total. The van der Waals surface area contributed by atoms with Crippen LogP contribution in [0.15, 0.2) is 54.6 Å².